The van der Waals surface area contributed by atoms with Gasteiger partial charge in [-0.3, -0.25) is 4.79 Å². The largest absolute Gasteiger partial charge is 0.326 e. The van der Waals surface area contributed by atoms with Gasteiger partial charge in [0, 0.05) is 16.6 Å². The van der Waals surface area contributed by atoms with Crippen molar-refractivity contribution in [3.63, 3.8) is 0 Å². The van der Waals surface area contributed by atoms with Gasteiger partial charge in [0.05, 0.1) is 5.38 Å². The molecular formula is C17H15BrClNO. The van der Waals surface area contributed by atoms with E-state index in [1.807, 2.05) is 12.1 Å². The van der Waals surface area contributed by atoms with Crippen LogP contribution in [0.15, 0.2) is 40.9 Å². The van der Waals surface area contributed by atoms with E-state index in [9.17, 15) is 4.79 Å². The van der Waals surface area contributed by atoms with Crippen molar-refractivity contribution in [2.24, 2.45) is 0 Å². The fourth-order valence-corrected chi connectivity index (χ4v) is 3.76. The summed E-state index contributed by atoms with van der Waals surface area (Å²) in [6.45, 7) is 2.05. The molecule has 0 saturated carbocycles. The van der Waals surface area contributed by atoms with Crippen molar-refractivity contribution < 1.29 is 4.79 Å². The van der Waals surface area contributed by atoms with Crippen molar-refractivity contribution in [3.8, 4) is 0 Å². The van der Waals surface area contributed by atoms with E-state index in [4.69, 9.17) is 11.6 Å². The first-order valence-corrected chi connectivity index (χ1v) is 8.10. The zero-order chi connectivity index (χ0) is 15.0. The number of fused-ring (bicyclic) bond motifs is 1. The van der Waals surface area contributed by atoms with Crippen LogP contribution < -0.4 is 5.32 Å². The number of benzene rings is 2. The van der Waals surface area contributed by atoms with E-state index in [0.717, 1.165) is 33.3 Å². The van der Waals surface area contributed by atoms with Crippen LogP contribution in [0.25, 0.3) is 0 Å². The number of anilines is 1. The molecule has 0 spiro atoms. The highest BCUT2D eigenvalue weighted by molar-refractivity contribution is 9.10. The number of carbonyl (C=O) groups is 1. The second-order valence-electron chi connectivity index (χ2n) is 5.35. The molecule has 0 fully saturated rings. The van der Waals surface area contributed by atoms with Crippen molar-refractivity contribution in [1.82, 2.24) is 0 Å². The SMILES string of the molecule is Cc1ccc(C(Cl)c2ccc3c(c2)CCC(=O)N3)c(Br)c1. The van der Waals surface area contributed by atoms with Gasteiger partial charge in [-0.2, -0.15) is 0 Å². The zero-order valence-corrected chi connectivity index (χ0v) is 14.0. The lowest BCUT2D eigenvalue weighted by Crippen LogP contribution is -2.19. The second-order valence-corrected chi connectivity index (χ2v) is 6.64. The monoisotopic (exact) mass is 363 g/mol. The van der Waals surface area contributed by atoms with Gasteiger partial charge in [-0.1, -0.05) is 40.2 Å². The number of nitrogens with one attached hydrogen (secondary N) is 1. The summed E-state index contributed by atoms with van der Waals surface area (Å²) in [5.41, 5.74) is 5.36. The molecule has 1 unspecified atom stereocenters. The topological polar surface area (TPSA) is 29.1 Å². The normalized spacial score (nSPS) is 15.3. The lowest BCUT2D eigenvalue weighted by molar-refractivity contribution is -0.116. The Balaban J connectivity index is 1.95. The molecule has 4 heteroatoms. The van der Waals surface area contributed by atoms with Crippen LogP contribution in [-0.4, -0.2) is 5.91 Å². The number of amides is 1. The number of halogens is 2. The van der Waals surface area contributed by atoms with Gasteiger partial charge in [-0.05, 0) is 47.7 Å². The maximum atomic E-state index is 11.4. The maximum absolute atomic E-state index is 11.4. The van der Waals surface area contributed by atoms with Crippen molar-refractivity contribution in [2.45, 2.75) is 25.1 Å². The fourth-order valence-electron chi connectivity index (χ4n) is 2.58. The van der Waals surface area contributed by atoms with Crippen molar-refractivity contribution in [1.29, 1.82) is 0 Å². The van der Waals surface area contributed by atoms with Crippen molar-refractivity contribution in [2.75, 3.05) is 5.32 Å². The molecule has 2 aromatic rings. The smallest absolute Gasteiger partial charge is 0.224 e. The van der Waals surface area contributed by atoms with E-state index >= 15 is 0 Å². The van der Waals surface area contributed by atoms with Gasteiger partial charge in [0.1, 0.15) is 0 Å². The summed E-state index contributed by atoms with van der Waals surface area (Å²) in [5.74, 6) is 0.0824. The molecule has 0 bridgehead atoms. The van der Waals surface area contributed by atoms with E-state index in [1.54, 1.807) is 0 Å². The van der Waals surface area contributed by atoms with Crippen LogP contribution >= 0.6 is 27.5 Å². The molecule has 0 saturated heterocycles. The standard InChI is InChI=1S/C17H15BrClNO/c1-10-2-5-13(14(18)8-10)17(19)12-3-6-15-11(9-12)4-7-16(21)20-15/h2-3,5-6,8-9,17H,4,7H2,1H3,(H,20,21). The Kier molecular flexibility index (Phi) is 4.05. The summed E-state index contributed by atoms with van der Waals surface area (Å²) in [6, 6.07) is 12.2. The minimum absolute atomic E-state index is 0.0824. The van der Waals surface area contributed by atoms with Gasteiger partial charge < -0.3 is 5.32 Å². The van der Waals surface area contributed by atoms with E-state index in [-0.39, 0.29) is 11.3 Å². The molecule has 1 aliphatic heterocycles. The summed E-state index contributed by atoms with van der Waals surface area (Å²) in [6.07, 6.45) is 1.31. The third-order valence-electron chi connectivity index (χ3n) is 3.75. The highest BCUT2D eigenvalue weighted by Crippen LogP contribution is 2.36. The molecule has 1 heterocycles. The van der Waals surface area contributed by atoms with E-state index < -0.39 is 0 Å². The number of rotatable bonds is 2. The summed E-state index contributed by atoms with van der Waals surface area (Å²) in [7, 11) is 0. The Hall–Kier alpha value is -1.32. The van der Waals surface area contributed by atoms with Crippen molar-refractivity contribution >= 4 is 39.1 Å². The van der Waals surface area contributed by atoms with Crippen LogP contribution in [0.4, 0.5) is 5.69 Å². The highest BCUT2D eigenvalue weighted by atomic mass is 79.9. The van der Waals surface area contributed by atoms with Crippen LogP contribution in [0, 0.1) is 6.92 Å². The van der Waals surface area contributed by atoms with Crippen molar-refractivity contribution in [3.05, 3.63) is 63.1 Å². The molecule has 2 aromatic carbocycles. The molecule has 21 heavy (non-hydrogen) atoms. The molecule has 0 aliphatic carbocycles. The number of carbonyl (C=O) groups excluding carboxylic acids is 1. The Morgan fingerprint density at radius 3 is 2.76 bits per heavy atom. The first-order valence-electron chi connectivity index (χ1n) is 6.87. The molecule has 3 rings (SSSR count). The Bertz CT molecular complexity index is 714. The van der Waals surface area contributed by atoms with E-state index in [0.29, 0.717) is 6.42 Å². The first-order chi connectivity index (χ1) is 10.0. The lowest BCUT2D eigenvalue weighted by Gasteiger charge is -2.20. The van der Waals surface area contributed by atoms with Gasteiger partial charge >= 0.3 is 0 Å². The van der Waals surface area contributed by atoms with Crippen LogP contribution in [0.2, 0.25) is 0 Å². The first kappa shape index (κ1) is 14.6. The molecule has 108 valence electrons. The molecular weight excluding hydrogens is 350 g/mol. The summed E-state index contributed by atoms with van der Waals surface area (Å²) in [4.78, 5) is 11.4. The Morgan fingerprint density at radius 2 is 2.00 bits per heavy atom. The summed E-state index contributed by atoms with van der Waals surface area (Å²) < 4.78 is 1.02. The Labute approximate surface area is 137 Å². The second kappa shape index (κ2) is 5.82. The molecule has 1 N–H and O–H groups in total. The van der Waals surface area contributed by atoms with Gasteiger partial charge in [0.15, 0.2) is 0 Å². The molecule has 2 nitrogen and oxygen atoms in total. The highest BCUT2D eigenvalue weighted by Gasteiger charge is 2.19. The predicted octanol–water partition coefficient (Wildman–Crippen LogP) is 4.97. The van der Waals surface area contributed by atoms with Gasteiger partial charge in [0.2, 0.25) is 5.91 Å². The summed E-state index contributed by atoms with van der Waals surface area (Å²) >= 11 is 10.2. The Morgan fingerprint density at radius 1 is 1.19 bits per heavy atom. The summed E-state index contributed by atoms with van der Waals surface area (Å²) in [5, 5.41) is 2.69. The molecule has 0 radical (unpaired) electrons. The van der Waals surface area contributed by atoms with Gasteiger partial charge in [0.25, 0.3) is 0 Å². The quantitative estimate of drug-likeness (QED) is 0.749. The van der Waals surface area contributed by atoms with Crippen LogP contribution in [-0.2, 0) is 11.2 Å². The lowest BCUT2D eigenvalue weighted by atomic mass is 9.96. The van der Waals surface area contributed by atoms with Crippen LogP contribution in [0.3, 0.4) is 0 Å². The average molecular weight is 365 g/mol. The number of hydrogen-bond acceptors (Lipinski definition) is 1. The van der Waals surface area contributed by atoms with Crippen LogP contribution in [0.5, 0.6) is 0 Å². The minimum atomic E-state index is -0.206. The van der Waals surface area contributed by atoms with E-state index in [2.05, 4.69) is 52.4 Å². The van der Waals surface area contributed by atoms with Gasteiger partial charge in [-0.15, -0.1) is 11.6 Å². The zero-order valence-electron chi connectivity index (χ0n) is 11.6. The van der Waals surface area contributed by atoms with Gasteiger partial charge in [-0.25, -0.2) is 0 Å². The number of hydrogen-bond donors (Lipinski definition) is 1. The molecule has 1 amide bonds. The molecule has 1 aliphatic rings. The number of aryl methyl sites for hydroxylation is 2. The third kappa shape index (κ3) is 2.99. The minimum Gasteiger partial charge on any atom is -0.326 e. The van der Waals surface area contributed by atoms with Crippen LogP contribution in [0.1, 0.15) is 34.1 Å². The molecule has 0 aromatic heterocycles. The fraction of sp³-hybridized carbons (Fsp3) is 0.235. The number of alkyl halides is 1. The van der Waals surface area contributed by atoms with E-state index in [1.165, 1.54) is 5.56 Å². The molecule has 1 atom stereocenters. The predicted molar refractivity (Wildman–Crippen MR) is 90.0 cm³/mol. The maximum Gasteiger partial charge on any atom is 0.224 e. The average Bonchev–Trinajstić information content (AvgIpc) is 2.46. The third-order valence-corrected chi connectivity index (χ3v) is 4.92.